The molecule has 0 radical (unpaired) electrons. The van der Waals surface area contributed by atoms with Gasteiger partial charge in [-0.1, -0.05) is 0 Å². The zero-order valence-corrected chi connectivity index (χ0v) is 14.5. The molecule has 2 heterocycles. The zero-order chi connectivity index (χ0) is 16.9. The van der Waals surface area contributed by atoms with Gasteiger partial charge in [0.1, 0.15) is 11.5 Å². The second-order valence-electron chi connectivity index (χ2n) is 6.17. The first-order valence-electron chi connectivity index (χ1n) is 8.22. The first-order valence-corrected chi connectivity index (χ1v) is 8.22. The van der Waals surface area contributed by atoms with E-state index in [1.807, 2.05) is 37.2 Å². The molecule has 1 aliphatic rings. The van der Waals surface area contributed by atoms with E-state index < -0.39 is 0 Å². The molecular formula is C18H24N4O2. The molecule has 0 atom stereocenters. The summed E-state index contributed by atoms with van der Waals surface area (Å²) in [7, 11) is 5.56. The normalized spacial score (nSPS) is 14.6. The van der Waals surface area contributed by atoms with Crippen molar-refractivity contribution in [2.45, 2.75) is 19.4 Å². The van der Waals surface area contributed by atoms with Gasteiger partial charge in [-0.25, -0.2) is 0 Å². The number of rotatable bonds is 6. The summed E-state index contributed by atoms with van der Waals surface area (Å²) >= 11 is 0. The molecule has 1 aromatic heterocycles. The van der Waals surface area contributed by atoms with Crippen LogP contribution >= 0.6 is 0 Å². The van der Waals surface area contributed by atoms with Gasteiger partial charge in [-0.05, 0) is 44.1 Å². The van der Waals surface area contributed by atoms with Crippen LogP contribution in [0.4, 0.5) is 5.82 Å². The van der Waals surface area contributed by atoms with Crippen LogP contribution in [-0.4, -0.2) is 49.2 Å². The summed E-state index contributed by atoms with van der Waals surface area (Å²) in [6.45, 7) is 3.17. The van der Waals surface area contributed by atoms with Crippen molar-refractivity contribution < 1.29 is 9.47 Å². The third kappa shape index (κ3) is 3.94. The summed E-state index contributed by atoms with van der Waals surface area (Å²) in [4.78, 5) is 13.0. The maximum atomic E-state index is 5.90. The summed E-state index contributed by atoms with van der Waals surface area (Å²) in [6.07, 6.45) is 5.87. The Kier molecular flexibility index (Phi) is 5.15. The zero-order valence-electron chi connectivity index (χ0n) is 14.5. The Morgan fingerprint density at radius 3 is 2.67 bits per heavy atom. The summed E-state index contributed by atoms with van der Waals surface area (Å²) in [5, 5.41) is 0. The van der Waals surface area contributed by atoms with Crippen molar-refractivity contribution >= 4 is 5.82 Å². The van der Waals surface area contributed by atoms with E-state index in [2.05, 4.69) is 14.9 Å². The minimum absolute atomic E-state index is 0.485. The fourth-order valence-corrected chi connectivity index (χ4v) is 2.85. The van der Waals surface area contributed by atoms with Crippen LogP contribution in [0.15, 0.2) is 30.6 Å². The quantitative estimate of drug-likeness (QED) is 0.813. The Labute approximate surface area is 143 Å². The molecule has 24 heavy (non-hydrogen) atoms. The topological polar surface area (TPSA) is 50.7 Å². The van der Waals surface area contributed by atoms with Crippen molar-refractivity contribution in [3.8, 4) is 17.4 Å². The Morgan fingerprint density at radius 1 is 1.17 bits per heavy atom. The number of aromatic nitrogens is 2. The van der Waals surface area contributed by atoms with Gasteiger partial charge in [0.15, 0.2) is 5.82 Å². The van der Waals surface area contributed by atoms with Crippen LogP contribution in [0.3, 0.4) is 0 Å². The molecule has 1 aliphatic heterocycles. The Bertz CT molecular complexity index is 684. The van der Waals surface area contributed by atoms with E-state index in [0.29, 0.717) is 5.88 Å². The van der Waals surface area contributed by atoms with Crippen LogP contribution in [0, 0.1) is 0 Å². The standard InChI is InChI=1S/C18H24N4O2/c1-21(2)17-11-19-12-18(20-17)24-15-6-7-16(23-3)14(10-15)13-22-8-4-5-9-22/h6-7,10-12H,4-5,8-9,13H2,1-3H3. The average Bonchev–Trinajstić information content (AvgIpc) is 3.08. The van der Waals surface area contributed by atoms with Gasteiger partial charge in [-0.2, -0.15) is 4.98 Å². The number of methoxy groups -OCH3 is 1. The third-order valence-corrected chi connectivity index (χ3v) is 4.12. The summed E-state index contributed by atoms with van der Waals surface area (Å²) in [5.41, 5.74) is 1.13. The van der Waals surface area contributed by atoms with Gasteiger partial charge in [-0.15, -0.1) is 0 Å². The van der Waals surface area contributed by atoms with Crippen LogP contribution in [0.25, 0.3) is 0 Å². The summed E-state index contributed by atoms with van der Waals surface area (Å²) in [6, 6.07) is 5.88. The molecule has 1 aromatic carbocycles. The molecule has 0 amide bonds. The van der Waals surface area contributed by atoms with E-state index in [-0.39, 0.29) is 0 Å². The lowest BCUT2D eigenvalue weighted by atomic mass is 10.1. The molecule has 128 valence electrons. The highest BCUT2D eigenvalue weighted by molar-refractivity contribution is 5.42. The third-order valence-electron chi connectivity index (χ3n) is 4.12. The van der Waals surface area contributed by atoms with E-state index in [4.69, 9.17) is 9.47 Å². The predicted molar refractivity (Wildman–Crippen MR) is 93.9 cm³/mol. The molecule has 2 aromatic rings. The Morgan fingerprint density at radius 2 is 1.96 bits per heavy atom. The van der Waals surface area contributed by atoms with Gasteiger partial charge >= 0.3 is 0 Å². The van der Waals surface area contributed by atoms with Gasteiger partial charge in [0.2, 0.25) is 5.88 Å². The second kappa shape index (κ2) is 7.49. The van der Waals surface area contributed by atoms with Crippen molar-refractivity contribution in [2.24, 2.45) is 0 Å². The van der Waals surface area contributed by atoms with Crippen molar-refractivity contribution in [2.75, 3.05) is 39.2 Å². The molecule has 3 rings (SSSR count). The Balaban J connectivity index is 1.79. The molecule has 1 saturated heterocycles. The number of benzene rings is 1. The van der Waals surface area contributed by atoms with Crippen molar-refractivity contribution in [3.05, 3.63) is 36.2 Å². The number of hydrogen-bond donors (Lipinski definition) is 0. The second-order valence-corrected chi connectivity index (χ2v) is 6.17. The number of nitrogens with zero attached hydrogens (tertiary/aromatic N) is 4. The van der Waals surface area contributed by atoms with Gasteiger partial charge < -0.3 is 14.4 Å². The van der Waals surface area contributed by atoms with Gasteiger partial charge in [0, 0.05) is 26.2 Å². The van der Waals surface area contributed by atoms with E-state index in [1.165, 1.54) is 12.8 Å². The van der Waals surface area contributed by atoms with E-state index in [1.54, 1.807) is 19.5 Å². The highest BCUT2D eigenvalue weighted by atomic mass is 16.5. The smallest absolute Gasteiger partial charge is 0.239 e. The SMILES string of the molecule is COc1ccc(Oc2cncc(N(C)C)n2)cc1CN1CCCC1. The van der Waals surface area contributed by atoms with Crippen molar-refractivity contribution in [3.63, 3.8) is 0 Å². The van der Waals surface area contributed by atoms with Crippen LogP contribution in [0.1, 0.15) is 18.4 Å². The molecule has 6 heteroatoms. The molecule has 0 saturated carbocycles. The summed E-state index contributed by atoms with van der Waals surface area (Å²) < 4.78 is 11.4. The van der Waals surface area contributed by atoms with Crippen molar-refractivity contribution in [1.29, 1.82) is 0 Å². The average molecular weight is 328 g/mol. The molecular weight excluding hydrogens is 304 g/mol. The minimum atomic E-state index is 0.485. The highest BCUT2D eigenvalue weighted by Gasteiger charge is 2.15. The first kappa shape index (κ1) is 16.5. The molecule has 0 unspecified atom stereocenters. The number of hydrogen-bond acceptors (Lipinski definition) is 6. The van der Waals surface area contributed by atoms with Crippen molar-refractivity contribution in [1.82, 2.24) is 14.9 Å². The van der Waals surface area contributed by atoms with Gasteiger partial charge in [-0.3, -0.25) is 9.88 Å². The molecule has 0 N–H and O–H groups in total. The lowest BCUT2D eigenvalue weighted by Crippen LogP contribution is -2.18. The molecule has 1 fully saturated rings. The fourth-order valence-electron chi connectivity index (χ4n) is 2.85. The number of likely N-dealkylation sites (tertiary alicyclic amines) is 1. The van der Waals surface area contributed by atoms with Crippen LogP contribution in [0.2, 0.25) is 0 Å². The predicted octanol–water partition coefficient (Wildman–Crippen LogP) is 2.94. The molecule has 6 nitrogen and oxygen atoms in total. The first-order chi connectivity index (χ1) is 11.7. The van der Waals surface area contributed by atoms with Gasteiger partial charge in [0.25, 0.3) is 0 Å². The largest absolute Gasteiger partial charge is 0.496 e. The van der Waals surface area contributed by atoms with E-state index in [0.717, 1.165) is 42.5 Å². The fraction of sp³-hybridized carbons (Fsp3) is 0.444. The Hall–Kier alpha value is -2.34. The number of anilines is 1. The minimum Gasteiger partial charge on any atom is -0.496 e. The van der Waals surface area contributed by atoms with Crippen LogP contribution < -0.4 is 14.4 Å². The van der Waals surface area contributed by atoms with Crippen LogP contribution in [-0.2, 0) is 6.54 Å². The molecule has 0 bridgehead atoms. The lowest BCUT2D eigenvalue weighted by Gasteiger charge is -2.18. The molecule has 0 aliphatic carbocycles. The van der Waals surface area contributed by atoms with Gasteiger partial charge in [0.05, 0.1) is 19.5 Å². The monoisotopic (exact) mass is 328 g/mol. The lowest BCUT2D eigenvalue weighted by molar-refractivity contribution is 0.320. The van der Waals surface area contributed by atoms with E-state index >= 15 is 0 Å². The highest BCUT2D eigenvalue weighted by Crippen LogP contribution is 2.29. The maximum absolute atomic E-state index is 5.90. The maximum Gasteiger partial charge on any atom is 0.239 e. The van der Waals surface area contributed by atoms with E-state index in [9.17, 15) is 0 Å². The molecule has 0 spiro atoms. The van der Waals surface area contributed by atoms with Crippen LogP contribution in [0.5, 0.6) is 17.4 Å². The number of ether oxygens (including phenoxy) is 2. The summed E-state index contributed by atoms with van der Waals surface area (Å²) in [5.74, 6) is 2.88.